The monoisotopic (exact) mass is 306 g/mol. The summed E-state index contributed by atoms with van der Waals surface area (Å²) in [6.45, 7) is 2.08. The average molecular weight is 306 g/mol. The molecule has 0 fully saturated rings. The summed E-state index contributed by atoms with van der Waals surface area (Å²) in [5.41, 5.74) is 3.37. The standard InChI is InChI=1S/C20H18OS/c1-16-10-8-9-15-19(16)20(17-11-4-2-5-12-17)22(21)18-13-6-3-7-14-18/h2-15,20H,1H3/t20-,22?/m0/s1. The van der Waals surface area contributed by atoms with Crippen molar-refractivity contribution in [2.75, 3.05) is 0 Å². The minimum Gasteiger partial charge on any atom is -0.253 e. The van der Waals surface area contributed by atoms with E-state index in [4.69, 9.17) is 0 Å². The second-order valence-corrected chi connectivity index (χ2v) is 6.80. The lowest BCUT2D eigenvalue weighted by Crippen LogP contribution is -2.10. The summed E-state index contributed by atoms with van der Waals surface area (Å²) in [7, 11) is -1.13. The van der Waals surface area contributed by atoms with E-state index >= 15 is 0 Å². The Morgan fingerprint density at radius 3 is 1.91 bits per heavy atom. The Morgan fingerprint density at radius 2 is 1.27 bits per heavy atom. The molecule has 0 spiro atoms. The topological polar surface area (TPSA) is 17.1 Å². The highest BCUT2D eigenvalue weighted by Gasteiger charge is 2.23. The van der Waals surface area contributed by atoms with Crippen molar-refractivity contribution in [1.82, 2.24) is 0 Å². The molecule has 22 heavy (non-hydrogen) atoms. The van der Waals surface area contributed by atoms with Crippen LogP contribution in [0.15, 0.2) is 89.8 Å². The molecule has 110 valence electrons. The van der Waals surface area contributed by atoms with Crippen LogP contribution < -0.4 is 0 Å². The van der Waals surface area contributed by atoms with Gasteiger partial charge in [-0.25, -0.2) is 0 Å². The van der Waals surface area contributed by atoms with Gasteiger partial charge in [-0.15, -0.1) is 0 Å². The Bertz CT molecular complexity index is 766. The molecule has 0 heterocycles. The van der Waals surface area contributed by atoms with Crippen LogP contribution in [-0.2, 0) is 10.8 Å². The first-order chi connectivity index (χ1) is 10.8. The molecule has 0 aliphatic rings. The molecule has 2 atom stereocenters. The number of benzene rings is 3. The molecule has 1 nitrogen and oxygen atoms in total. The maximum atomic E-state index is 13.2. The van der Waals surface area contributed by atoms with Gasteiger partial charge in [0.2, 0.25) is 0 Å². The van der Waals surface area contributed by atoms with Crippen LogP contribution in [0.4, 0.5) is 0 Å². The Kier molecular flexibility index (Phi) is 4.50. The minimum atomic E-state index is -1.13. The van der Waals surface area contributed by atoms with Crippen molar-refractivity contribution < 1.29 is 4.21 Å². The largest absolute Gasteiger partial charge is 0.253 e. The normalized spacial score (nSPS) is 13.5. The van der Waals surface area contributed by atoms with E-state index in [2.05, 4.69) is 31.2 Å². The Balaban J connectivity index is 2.12. The predicted octanol–water partition coefficient (Wildman–Crippen LogP) is 4.89. The summed E-state index contributed by atoms with van der Waals surface area (Å²) in [4.78, 5) is 0.861. The summed E-state index contributed by atoms with van der Waals surface area (Å²) >= 11 is 0. The summed E-state index contributed by atoms with van der Waals surface area (Å²) < 4.78 is 13.2. The number of hydrogen-bond donors (Lipinski definition) is 0. The van der Waals surface area contributed by atoms with Gasteiger partial charge in [0, 0.05) is 4.90 Å². The fourth-order valence-electron chi connectivity index (χ4n) is 2.62. The summed E-state index contributed by atoms with van der Waals surface area (Å²) in [6.07, 6.45) is 0. The van der Waals surface area contributed by atoms with E-state index < -0.39 is 10.8 Å². The Morgan fingerprint density at radius 1 is 0.727 bits per heavy atom. The van der Waals surface area contributed by atoms with Gasteiger partial charge < -0.3 is 0 Å². The van der Waals surface area contributed by atoms with Crippen LogP contribution in [0, 0.1) is 6.92 Å². The van der Waals surface area contributed by atoms with Crippen LogP contribution in [-0.4, -0.2) is 4.21 Å². The third kappa shape index (κ3) is 3.02. The lowest BCUT2D eigenvalue weighted by Gasteiger charge is -2.19. The smallest absolute Gasteiger partial charge is 0.0896 e. The molecule has 0 aromatic heterocycles. The van der Waals surface area contributed by atoms with E-state index in [1.165, 1.54) is 5.56 Å². The summed E-state index contributed by atoms with van der Waals surface area (Å²) in [5, 5.41) is -0.148. The molecule has 0 bridgehead atoms. The quantitative estimate of drug-likeness (QED) is 0.670. The molecule has 0 saturated carbocycles. The average Bonchev–Trinajstić information content (AvgIpc) is 2.58. The van der Waals surface area contributed by atoms with Crippen molar-refractivity contribution in [1.29, 1.82) is 0 Å². The maximum Gasteiger partial charge on any atom is 0.0896 e. The van der Waals surface area contributed by atoms with E-state index in [1.807, 2.05) is 60.7 Å². The van der Waals surface area contributed by atoms with E-state index in [0.29, 0.717) is 0 Å². The van der Waals surface area contributed by atoms with Gasteiger partial charge in [-0.05, 0) is 35.7 Å². The fourth-order valence-corrected chi connectivity index (χ4v) is 4.21. The molecule has 0 aliphatic heterocycles. The van der Waals surface area contributed by atoms with E-state index in [9.17, 15) is 4.21 Å². The molecule has 0 aliphatic carbocycles. The van der Waals surface area contributed by atoms with Crippen LogP contribution in [0.5, 0.6) is 0 Å². The van der Waals surface area contributed by atoms with Crippen LogP contribution in [0.2, 0.25) is 0 Å². The van der Waals surface area contributed by atoms with Crippen LogP contribution in [0.1, 0.15) is 21.9 Å². The van der Waals surface area contributed by atoms with Gasteiger partial charge in [0.25, 0.3) is 0 Å². The molecule has 3 aromatic carbocycles. The number of aryl methyl sites for hydroxylation is 1. The zero-order chi connectivity index (χ0) is 15.4. The molecular weight excluding hydrogens is 288 g/mol. The van der Waals surface area contributed by atoms with Crippen molar-refractivity contribution in [3.05, 3.63) is 102 Å². The third-order valence-corrected chi connectivity index (χ3v) is 5.45. The lowest BCUT2D eigenvalue weighted by molar-refractivity contribution is 0.678. The van der Waals surface area contributed by atoms with Crippen molar-refractivity contribution in [2.45, 2.75) is 17.1 Å². The molecule has 0 radical (unpaired) electrons. The number of rotatable bonds is 4. The Hall–Kier alpha value is -2.19. The second kappa shape index (κ2) is 6.71. The molecular formula is C20H18OS. The van der Waals surface area contributed by atoms with E-state index in [1.54, 1.807) is 0 Å². The Labute approximate surface area is 134 Å². The first-order valence-corrected chi connectivity index (χ1v) is 8.55. The van der Waals surface area contributed by atoms with Gasteiger partial charge >= 0.3 is 0 Å². The highest BCUT2D eigenvalue weighted by Crippen LogP contribution is 2.33. The highest BCUT2D eigenvalue weighted by molar-refractivity contribution is 7.85. The fraction of sp³-hybridized carbons (Fsp3) is 0.100. The third-order valence-electron chi connectivity index (χ3n) is 3.76. The second-order valence-electron chi connectivity index (χ2n) is 5.26. The molecule has 3 aromatic rings. The minimum absolute atomic E-state index is 0.148. The number of hydrogen-bond acceptors (Lipinski definition) is 1. The summed E-state index contributed by atoms with van der Waals surface area (Å²) in [5.74, 6) is 0. The maximum absolute atomic E-state index is 13.2. The first kappa shape index (κ1) is 14.7. The van der Waals surface area contributed by atoms with Gasteiger partial charge in [-0.2, -0.15) is 0 Å². The van der Waals surface area contributed by atoms with Crippen LogP contribution in [0.3, 0.4) is 0 Å². The molecule has 0 saturated heterocycles. The zero-order valence-electron chi connectivity index (χ0n) is 12.5. The van der Waals surface area contributed by atoms with Gasteiger partial charge in [-0.3, -0.25) is 4.21 Å². The van der Waals surface area contributed by atoms with Crippen molar-refractivity contribution in [2.24, 2.45) is 0 Å². The highest BCUT2D eigenvalue weighted by atomic mass is 32.2. The van der Waals surface area contributed by atoms with Crippen LogP contribution >= 0.6 is 0 Å². The summed E-state index contributed by atoms with van der Waals surface area (Å²) in [6, 6.07) is 28.0. The van der Waals surface area contributed by atoms with Crippen molar-refractivity contribution in [3.63, 3.8) is 0 Å². The predicted molar refractivity (Wildman–Crippen MR) is 92.3 cm³/mol. The van der Waals surface area contributed by atoms with Gasteiger partial charge in [0.05, 0.1) is 16.0 Å². The SMILES string of the molecule is Cc1ccccc1[C@H](c1ccccc1)S(=O)c1ccccc1. The van der Waals surface area contributed by atoms with Gasteiger partial charge in [0.1, 0.15) is 0 Å². The van der Waals surface area contributed by atoms with Crippen LogP contribution in [0.25, 0.3) is 0 Å². The lowest BCUT2D eigenvalue weighted by atomic mass is 10.0. The first-order valence-electron chi connectivity index (χ1n) is 7.33. The molecule has 0 amide bonds. The van der Waals surface area contributed by atoms with E-state index in [0.717, 1.165) is 16.0 Å². The zero-order valence-corrected chi connectivity index (χ0v) is 13.3. The molecule has 0 N–H and O–H groups in total. The van der Waals surface area contributed by atoms with E-state index in [-0.39, 0.29) is 5.25 Å². The van der Waals surface area contributed by atoms with Gasteiger partial charge in [0.15, 0.2) is 0 Å². The molecule has 3 rings (SSSR count). The molecule has 2 heteroatoms. The van der Waals surface area contributed by atoms with Gasteiger partial charge in [-0.1, -0.05) is 72.8 Å². The molecule has 1 unspecified atom stereocenters. The van der Waals surface area contributed by atoms with Crippen molar-refractivity contribution >= 4 is 10.8 Å². The van der Waals surface area contributed by atoms with Crippen molar-refractivity contribution in [3.8, 4) is 0 Å².